The summed E-state index contributed by atoms with van der Waals surface area (Å²) in [5, 5.41) is 8.54. The first-order valence-electron chi connectivity index (χ1n) is 7.99. The molecule has 0 saturated carbocycles. The van der Waals surface area contributed by atoms with Crippen LogP contribution in [0.25, 0.3) is 0 Å². The van der Waals surface area contributed by atoms with E-state index in [0.29, 0.717) is 17.5 Å². The Hall–Kier alpha value is -2.02. The molecule has 130 valence electrons. The minimum absolute atomic E-state index is 0.0222. The summed E-state index contributed by atoms with van der Waals surface area (Å²) in [7, 11) is 0. The van der Waals surface area contributed by atoms with E-state index < -0.39 is 0 Å². The molecule has 1 amide bonds. The Balaban J connectivity index is 2.16. The number of hydrogen-bond donors (Lipinski definition) is 1. The number of para-hydroxylation sites is 1. The average Bonchev–Trinajstić information content (AvgIpc) is 2.90. The van der Waals surface area contributed by atoms with Crippen LogP contribution < -0.4 is 10.7 Å². The number of nitrogens with two attached hydrogens (primary N) is 1. The number of carbonyl (C=O) groups excluding carboxylic acids is 1. The van der Waals surface area contributed by atoms with Crippen LogP contribution >= 0.6 is 11.8 Å². The van der Waals surface area contributed by atoms with Gasteiger partial charge in [-0.15, -0.1) is 10.2 Å². The monoisotopic (exact) mass is 347 g/mol. The number of anilines is 1. The van der Waals surface area contributed by atoms with Gasteiger partial charge in [0, 0.05) is 17.6 Å². The van der Waals surface area contributed by atoms with Gasteiger partial charge in [-0.1, -0.05) is 50.7 Å². The third-order valence-electron chi connectivity index (χ3n) is 3.62. The van der Waals surface area contributed by atoms with Crippen LogP contribution in [0, 0.1) is 0 Å². The van der Waals surface area contributed by atoms with Gasteiger partial charge in [0.05, 0.1) is 5.25 Å². The second-order valence-corrected chi connectivity index (χ2v) is 7.91. The van der Waals surface area contributed by atoms with Gasteiger partial charge in [-0.3, -0.25) is 4.79 Å². The maximum atomic E-state index is 12.8. The van der Waals surface area contributed by atoms with Gasteiger partial charge in [0.1, 0.15) is 0 Å². The first-order valence-corrected chi connectivity index (χ1v) is 8.87. The van der Waals surface area contributed by atoms with E-state index in [4.69, 9.17) is 5.84 Å². The lowest BCUT2D eigenvalue weighted by molar-refractivity contribution is -0.117. The molecule has 0 spiro atoms. The van der Waals surface area contributed by atoms with Gasteiger partial charge in [0.2, 0.25) is 11.1 Å². The van der Waals surface area contributed by atoms with Crippen LogP contribution in [0.3, 0.4) is 0 Å². The number of hydrogen-bond acceptors (Lipinski definition) is 5. The Morgan fingerprint density at radius 3 is 2.42 bits per heavy atom. The molecule has 0 fully saturated rings. The summed E-state index contributed by atoms with van der Waals surface area (Å²) >= 11 is 1.33. The Morgan fingerprint density at radius 1 is 1.29 bits per heavy atom. The maximum absolute atomic E-state index is 12.8. The Bertz CT molecular complexity index is 693. The molecular weight excluding hydrogens is 322 g/mol. The fourth-order valence-corrected chi connectivity index (χ4v) is 3.20. The number of rotatable bonds is 5. The molecule has 2 N–H and O–H groups in total. The SMILES string of the molecule is CCN(C(=O)C(C)Sc1nnc(C(C)(C)C)n1N)c1ccccc1. The van der Waals surface area contributed by atoms with E-state index in [1.54, 1.807) is 4.90 Å². The summed E-state index contributed by atoms with van der Waals surface area (Å²) in [6, 6.07) is 9.65. The van der Waals surface area contributed by atoms with Crippen molar-refractivity contribution in [1.82, 2.24) is 14.9 Å². The number of aromatic nitrogens is 3. The Labute approximate surface area is 147 Å². The van der Waals surface area contributed by atoms with Crippen LogP contribution in [-0.2, 0) is 10.2 Å². The van der Waals surface area contributed by atoms with Crippen molar-refractivity contribution in [2.75, 3.05) is 17.3 Å². The molecule has 0 aliphatic heterocycles. The van der Waals surface area contributed by atoms with Crippen molar-refractivity contribution in [3.63, 3.8) is 0 Å². The fraction of sp³-hybridized carbons (Fsp3) is 0.471. The van der Waals surface area contributed by atoms with Crippen LogP contribution in [0.2, 0.25) is 0 Å². The zero-order valence-corrected chi connectivity index (χ0v) is 15.7. The summed E-state index contributed by atoms with van der Waals surface area (Å²) in [5.41, 5.74) is 0.690. The molecule has 0 bridgehead atoms. The first-order chi connectivity index (χ1) is 11.3. The summed E-state index contributed by atoms with van der Waals surface area (Å²) < 4.78 is 1.48. The van der Waals surface area contributed by atoms with Crippen LogP contribution in [0.15, 0.2) is 35.5 Å². The molecule has 1 unspecified atom stereocenters. The van der Waals surface area contributed by atoms with Gasteiger partial charge in [-0.05, 0) is 26.0 Å². The number of benzene rings is 1. The second kappa shape index (κ2) is 7.25. The summed E-state index contributed by atoms with van der Waals surface area (Å²) in [5.74, 6) is 6.82. The molecule has 1 aromatic heterocycles. The number of nitrogens with zero attached hydrogens (tertiary/aromatic N) is 4. The largest absolute Gasteiger partial charge is 0.336 e. The van der Waals surface area contributed by atoms with Gasteiger partial charge >= 0.3 is 0 Å². The van der Waals surface area contributed by atoms with Crippen LogP contribution in [-0.4, -0.2) is 32.6 Å². The smallest absolute Gasteiger partial charge is 0.240 e. The van der Waals surface area contributed by atoms with E-state index in [0.717, 1.165) is 5.69 Å². The lowest BCUT2D eigenvalue weighted by atomic mass is 9.96. The quantitative estimate of drug-likeness (QED) is 0.665. The number of thioether (sulfide) groups is 1. The highest BCUT2D eigenvalue weighted by Gasteiger charge is 2.27. The molecule has 2 rings (SSSR count). The van der Waals surface area contributed by atoms with Crippen LogP contribution in [0.4, 0.5) is 5.69 Å². The lowest BCUT2D eigenvalue weighted by Crippen LogP contribution is -2.36. The highest BCUT2D eigenvalue weighted by molar-refractivity contribution is 8.00. The lowest BCUT2D eigenvalue weighted by Gasteiger charge is -2.24. The van der Waals surface area contributed by atoms with Crippen LogP contribution in [0.1, 0.15) is 40.4 Å². The van der Waals surface area contributed by atoms with E-state index in [-0.39, 0.29) is 16.6 Å². The molecule has 0 radical (unpaired) electrons. The van der Waals surface area contributed by atoms with E-state index >= 15 is 0 Å². The van der Waals surface area contributed by atoms with E-state index in [1.165, 1.54) is 16.4 Å². The highest BCUT2D eigenvalue weighted by Crippen LogP contribution is 2.27. The zero-order chi connectivity index (χ0) is 17.9. The molecule has 1 atom stereocenters. The number of nitrogen functional groups attached to an aromatic ring is 1. The standard InChI is InChI=1S/C17H25N5OS/c1-6-21(13-10-8-7-9-11-13)14(23)12(2)24-16-20-19-15(22(16)18)17(3,4)5/h7-12H,6,18H2,1-5H3. The fourth-order valence-electron chi connectivity index (χ4n) is 2.37. The molecule has 24 heavy (non-hydrogen) atoms. The number of amides is 1. The van der Waals surface area contributed by atoms with Crippen molar-refractivity contribution in [2.45, 2.75) is 50.4 Å². The van der Waals surface area contributed by atoms with Crippen molar-refractivity contribution in [3.05, 3.63) is 36.2 Å². The molecular formula is C17H25N5OS. The molecule has 0 aliphatic rings. The van der Waals surface area contributed by atoms with Gasteiger partial charge in [0.25, 0.3) is 0 Å². The average molecular weight is 347 g/mol. The van der Waals surface area contributed by atoms with Crippen LogP contribution in [0.5, 0.6) is 0 Å². The normalized spacial score (nSPS) is 12.9. The minimum atomic E-state index is -0.315. The van der Waals surface area contributed by atoms with E-state index in [1.807, 2.05) is 65.0 Å². The summed E-state index contributed by atoms with van der Waals surface area (Å²) in [6.45, 7) is 10.5. The molecule has 7 heteroatoms. The van der Waals surface area contributed by atoms with Gasteiger partial charge in [-0.2, -0.15) is 0 Å². The van der Waals surface area contributed by atoms with Gasteiger partial charge in [-0.25, -0.2) is 4.68 Å². The zero-order valence-electron chi connectivity index (χ0n) is 14.9. The molecule has 2 aromatic rings. The molecule has 0 saturated heterocycles. The Morgan fingerprint density at radius 2 is 1.92 bits per heavy atom. The molecule has 1 heterocycles. The molecule has 6 nitrogen and oxygen atoms in total. The van der Waals surface area contributed by atoms with Crippen molar-refractivity contribution in [1.29, 1.82) is 0 Å². The van der Waals surface area contributed by atoms with Crippen molar-refractivity contribution in [3.8, 4) is 0 Å². The minimum Gasteiger partial charge on any atom is -0.336 e. The van der Waals surface area contributed by atoms with Crippen molar-refractivity contribution >= 4 is 23.4 Å². The maximum Gasteiger partial charge on any atom is 0.240 e. The topological polar surface area (TPSA) is 77.0 Å². The van der Waals surface area contributed by atoms with Crippen molar-refractivity contribution < 1.29 is 4.79 Å². The summed E-state index contributed by atoms with van der Waals surface area (Å²) in [4.78, 5) is 14.6. The van der Waals surface area contributed by atoms with Crippen molar-refractivity contribution in [2.24, 2.45) is 0 Å². The predicted octanol–water partition coefficient (Wildman–Crippen LogP) is 2.82. The Kier molecular flexibility index (Phi) is 5.54. The predicted molar refractivity (Wildman–Crippen MR) is 98.7 cm³/mol. The van der Waals surface area contributed by atoms with Gasteiger partial charge < -0.3 is 10.7 Å². The highest BCUT2D eigenvalue weighted by atomic mass is 32.2. The van der Waals surface area contributed by atoms with E-state index in [9.17, 15) is 4.79 Å². The third kappa shape index (κ3) is 3.90. The van der Waals surface area contributed by atoms with E-state index in [2.05, 4.69) is 10.2 Å². The van der Waals surface area contributed by atoms with Gasteiger partial charge in [0.15, 0.2) is 5.82 Å². The third-order valence-corrected chi connectivity index (χ3v) is 4.66. The molecule has 1 aromatic carbocycles. The summed E-state index contributed by atoms with van der Waals surface area (Å²) in [6.07, 6.45) is 0. The second-order valence-electron chi connectivity index (χ2n) is 6.60. The first kappa shape index (κ1) is 18.3. The molecule has 0 aliphatic carbocycles. The number of carbonyl (C=O) groups is 1.